The number of alkyl carbamates (subject to hydrolysis) is 1. The first-order valence-corrected chi connectivity index (χ1v) is 29.6. The molecule has 3 amide bonds. The van der Waals surface area contributed by atoms with Gasteiger partial charge in [-0.05, 0) is 72.6 Å². The second-order valence-corrected chi connectivity index (χ2v) is 23.3. The maximum absolute atomic E-state index is 15.1. The number of benzene rings is 5. The SMILES string of the molecule is CO[C@H]1O[C@@H]2COC(=O)C[C@@H](C(=O)OC(C)(C)C)NC(=O)[C@@H]3CCCN3C(=O)[C@@H](NC(=O)OCC3c4ccccc4-c4ccccc43)CC(=O)OC[C@H]3O[C@@H](O[C@H]1[C@@H](O)[C@@H]2O)[C@@H](OCc1ccccc1)[C@@H](OCc1ccccc1)[C@@H]3OCc1ccccc1. The number of amides is 3. The van der Waals surface area contributed by atoms with Crippen molar-refractivity contribution >= 4 is 35.8 Å². The number of nitrogens with one attached hydrogen (secondary N) is 2. The molecule has 0 aromatic heterocycles. The van der Waals surface area contributed by atoms with Crippen molar-refractivity contribution in [1.29, 1.82) is 0 Å². The molecule has 0 spiro atoms. The van der Waals surface area contributed by atoms with E-state index in [0.29, 0.717) is 6.42 Å². The van der Waals surface area contributed by atoms with Gasteiger partial charge >= 0.3 is 24.0 Å². The Hall–Kier alpha value is -7.64. The third-order valence-corrected chi connectivity index (χ3v) is 16.0. The van der Waals surface area contributed by atoms with Gasteiger partial charge in [-0.3, -0.25) is 19.2 Å². The second-order valence-electron chi connectivity index (χ2n) is 23.3. The van der Waals surface area contributed by atoms with Crippen LogP contribution < -0.4 is 10.6 Å². The summed E-state index contributed by atoms with van der Waals surface area (Å²) in [5.74, 6) is -5.11. The fourth-order valence-electron chi connectivity index (χ4n) is 11.6. The van der Waals surface area contributed by atoms with Crippen molar-refractivity contribution < 1.29 is 91.1 Å². The highest BCUT2D eigenvalue weighted by Crippen LogP contribution is 2.45. The van der Waals surface area contributed by atoms with E-state index >= 15 is 4.79 Å². The summed E-state index contributed by atoms with van der Waals surface area (Å²) in [5.41, 5.74) is 5.06. The van der Waals surface area contributed by atoms with Crippen LogP contribution in [0.4, 0.5) is 4.79 Å². The number of aliphatic hydroxyl groups is 2. The van der Waals surface area contributed by atoms with Crippen LogP contribution >= 0.6 is 0 Å². The molecule has 22 heteroatoms. The Morgan fingerprint density at radius 3 is 1.76 bits per heavy atom. The Morgan fingerprint density at radius 2 is 1.18 bits per heavy atom. The van der Waals surface area contributed by atoms with Crippen LogP contribution in [0.3, 0.4) is 0 Å². The van der Waals surface area contributed by atoms with Crippen LogP contribution in [0.2, 0.25) is 0 Å². The normalized spacial score (nSPS) is 28.1. The first-order chi connectivity index (χ1) is 42.5. The van der Waals surface area contributed by atoms with E-state index in [2.05, 4.69) is 10.6 Å². The van der Waals surface area contributed by atoms with Gasteiger partial charge in [0.25, 0.3) is 0 Å². The van der Waals surface area contributed by atoms with Crippen molar-refractivity contribution in [2.75, 3.05) is 33.5 Å². The first-order valence-electron chi connectivity index (χ1n) is 29.6. The van der Waals surface area contributed by atoms with E-state index in [1.54, 1.807) is 20.8 Å². The molecule has 5 heterocycles. The Morgan fingerprint density at radius 1 is 0.648 bits per heavy atom. The number of aliphatic hydroxyl groups excluding tert-OH is 2. The van der Waals surface area contributed by atoms with Gasteiger partial charge < -0.3 is 77.9 Å². The molecule has 4 N–H and O–H groups in total. The smallest absolute Gasteiger partial charge is 0.407 e. The number of fused-ring (bicyclic) bond motifs is 16. The van der Waals surface area contributed by atoms with E-state index in [1.807, 2.05) is 140 Å². The van der Waals surface area contributed by atoms with Crippen LogP contribution in [0.1, 0.15) is 80.2 Å². The summed E-state index contributed by atoms with van der Waals surface area (Å²) < 4.78 is 68.9. The number of carbonyl (C=O) groups excluding carboxylic acids is 6. The lowest BCUT2D eigenvalue weighted by Gasteiger charge is -2.48. The number of hydrogen-bond acceptors (Lipinski definition) is 19. The molecule has 5 aliphatic heterocycles. The number of esters is 3. The van der Waals surface area contributed by atoms with Gasteiger partial charge in [0.05, 0.1) is 32.7 Å². The molecule has 1 aliphatic carbocycles. The quantitative estimate of drug-likeness (QED) is 0.0784. The van der Waals surface area contributed by atoms with Crippen molar-refractivity contribution in [3.8, 4) is 11.1 Å². The molecule has 5 aromatic carbocycles. The predicted molar refractivity (Wildman–Crippen MR) is 312 cm³/mol. The fraction of sp³-hybridized carbons (Fsp3) is 0.455. The summed E-state index contributed by atoms with van der Waals surface area (Å²) in [6, 6.07) is 38.7. The zero-order valence-electron chi connectivity index (χ0n) is 49.4. The number of nitrogens with zero attached hydrogens (tertiary/aromatic N) is 1. The van der Waals surface area contributed by atoms with Gasteiger partial charge in [-0.15, -0.1) is 0 Å². The molecule has 0 radical (unpaired) electrons. The largest absolute Gasteiger partial charge is 0.463 e. The molecule has 11 rings (SSSR count). The molecule has 0 saturated carbocycles. The molecule has 4 bridgehead atoms. The van der Waals surface area contributed by atoms with Crippen LogP contribution in [0.15, 0.2) is 140 Å². The van der Waals surface area contributed by atoms with Crippen molar-refractivity contribution in [2.24, 2.45) is 0 Å². The van der Waals surface area contributed by atoms with Gasteiger partial charge in [0.2, 0.25) is 11.8 Å². The van der Waals surface area contributed by atoms with Crippen molar-refractivity contribution in [1.82, 2.24) is 15.5 Å². The van der Waals surface area contributed by atoms with Gasteiger partial charge in [-0.1, -0.05) is 140 Å². The lowest BCUT2D eigenvalue weighted by molar-refractivity contribution is -0.374. The summed E-state index contributed by atoms with van der Waals surface area (Å²) >= 11 is 0. The molecule has 0 unspecified atom stereocenters. The summed E-state index contributed by atoms with van der Waals surface area (Å²) in [4.78, 5) is 87.1. The number of ether oxygens (including phenoxy) is 11. The molecule has 88 heavy (non-hydrogen) atoms. The minimum absolute atomic E-state index is 0.00422. The van der Waals surface area contributed by atoms with Crippen LogP contribution in [0, 0.1) is 0 Å². The zero-order valence-corrected chi connectivity index (χ0v) is 49.4. The van der Waals surface area contributed by atoms with E-state index in [1.165, 1.54) is 12.0 Å². The molecule has 5 aromatic rings. The average Bonchev–Trinajstić information content (AvgIpc) is 1.89. The molecular formula is C66H75N3O19. The highest BCUT2D eigenvalue weighted by Gasteiger charge is 2.54. The molecule has 468 valence electrons. The lowest BCUT2D eigenvalue weighted by atomic mass is 9.96. The Balaban J connectivity index is 1.00. The van der Waals surface area contributed by atoms with Crippen molar-refractivity contribution in [3.63, 3.8) is 0 Å². The Kier molecular flexibility index (Phi) is 21.0. The summed E-state index contributed by atoms with van der Waals surface area (Å²) in [6.07, 6.45) is -16.7. The zero-order chi connectivity index (χ0) is 61.9. The summed E-state index contributed by atoms with van der Waals surface area (Å²) in [7, 11) is 1.27. The first kappa shape index (κ1) is 63.4. The van der Waals surface area contributed by atoms with Gasteiger partial charge in [-0.2, -0.15) is 0 Å². The topological polar surface area (TPSA) is 272 Å². The number of carbonyl (C=O) groups is 6. The fourth-order valence-corrected chi connectivity index (χ4v) is 11.6. The second kappa shape index (κ2) is 29.1. The van der Waals surface area contributed by atoms with E-state index in [0.717, 1.165) is 38.9 Å². The molecule has 5 saturated heterocycles. The van der Waals surface area contributed by atoms with Crippen LogP contribution in [-0.2, 0) is 95.9 Å². The highest BCUT2D eigenvalue weighted by molar-refractivity contribution is 5.96. The standard InChI is InChI=1S/C66H75N3O19/c1-66(2,3)88-62(76)48-32-53(71)79-37-50-54(72)55(73)57(63(78-4)85-50)87-64-59(83-35-41-23-12-7-13-24-41)58(82-34-40-21-10-6-11-22-40)56(81-33-39-19-8-5-9-20-39)51(86-64)38-80-52(70)31-47(61(75)69-30-18-29-49(69)60(74)67-48)68-65(77)84-36-46-44-27-16-14-25-42(44)43-26-15-17-28-45(43)46/h5-17,19-28,46-51,54-59,63-64,72-73H,18,29-38H2,1-4H3,(H,67,74)(H,68,77)/t47-,48-,49-,50+,51+,54+,55-,56+,57-,58-,59-,63-,64-/m0/s1. The van der Waals surface area contributed by atoms with Crippen LogP contribution in [0.5, 0.6) is 0 Å². The third kappa shape index (κ3) is 15.6. The number of hydrogen-bond donors (Lipinski definition) is 4. The van der Waals surface area contributed by atoms with Crippen LogP contribution in [-0.4, -0.2) is 170 Å². The Bertz CT molecular complexity index is 3140. The molecule has 5 fully saturated rings. The monoisotopic (exact) mass is 1210 g/mol. The Labute approximate surface area is 509 Å². The van der Waals surface area contributed by atoms with E-state index in [9.17, 15) is 34.2 Å². The molecule has 22 nitrogen and oxygen atoms in total. The molecular weight excluding hydrogens is 1140 g/mol. The van der Waals surface area contributed by atoms with Crippen LogP contribution in [0.25, 0.3) is 11.1 Å². The van der Waals surface area contributed by atoms with Gasteiger partial charge in [0.15, 0.2) is 12.6 Å². The predicted octanol–water partition coefficient (Wildman–Crippen LogP) is 5.55. The third-order valence-electron chi connectivity index (χ3n) is 16.0. The highest BCUT2D eigenvalue weighted by atomic mass is 16.8. The van der Waals surface area contributed by atoms with Gasteiger partial charge in [-0.25, -0.2) is 9.59 Å². The van der Waals surface area contributed by atoms with Crippen molar-refractivity contribution in [3.05, 3.63) is 167 Å². The maximum Gasteiger partial charge on any atom is 0.407 e. The van der Waals surface area contributed by atoms with Gasteiger partial charge in [0.1, 0.15) is 92.4 Å². The summed E-state index contributed by atoms with van der Waals surface area (Å²) in [6.45, 7) is 3.37. The summed E-state index contributed by atoms with van der Waals surface area (Å²) in [5, 5.41) is 28.9. The minimum atomic E-state index is -1.82. The van der Waals surface area contributed by atoms with Gasteiger partial charge in [0, 0.05) is 19.6 Å². The number of methoxy groups -OCH3 is 1. The van der Waals surface area contributed by atoms with E-state index < -0.39 is 147 Å². The lowest BCUT2D eigenvalue weighted by Crippen LogP contribution is -2.65. The molecule has 6 aliphatic rings. The van der Waals surface area contributed by atoms with E-state index in [-0.39, 0.29) is 45.3 Å². The van der Waals surface area contributed by atoms with Crippen molar-refractivity contribution in [2.45, 2.75) is 157 Å². The maximum atomic E-state index is 15.1. The van der Waals surface area contributed by atoms with E-state index in [4.69, 9.17) is 52.1 Å². The minimum Gasteiger partial charge on any atom is -0.463 e. The molecule has 13 atom stereocenters. The number of rotatable bonds is 14. The average molecular weight is 1210 g/mol.